The lowest BCUT2D eigenvalue weighted by molar-refractivity contribution is -0.266. The number of nitrogens with one attached hydrogen (secondary N) is 1. The second-order valence-corrected chi connectivity index (χ2v) is 2.86. The molecule has 0 spiro atoms. The molecule has 0 saturated heterocycles. The third kappa shape index (κ3) is 3.31. The van der Waals surface area contributed by atoms with Crippen LogP contribution in [-0.4, -0.2) is 16.7 Å². The zero-order chi connectivity index (χ0) is 10.4. The first-order valence-electron chi connectivity index (χ1n) is 4.18. The Morgan fingerprint density at radius 3 is 2.43 bits per heavy atom. The molecule has 78 valence electrons. The third-order valence-corrected chi connectivity index (χ3v) is 1.71. The van der Waals surface area contributed by atoms with Crippen LogP contribution in [0.5, 0.6) is 0 Å². The molecular formula is C9H13NO4. The van der Waals surface area contributed by atoms with E-state index in [-0.39, 0.29) is 6.61 Å². The van der Waals surface area contributed by atoms with E-state index in [9.17, 15) is 0 Å². The molecule has 0 aliphatic heterocycles. The summed E-state index contributed by atoms with van der Waals surface area (Å²) in [5, 5.41) is 19.4. The Kier molecular flexibility index (Phi) is 4.34. The van der Waals surface area contributed by atoms with Gasteiger partial charge in [-0.15, -0.1) is 0 Å². The van der Waals surface area contributed by atoms with Gasteiger partial charge in [0, 0.05) is 5.69 Å². The van der Waals surface area contributed by atoms with Crippen LogP contribution in [0.4, 0.5) is 5.69 Å². The minimum absolute atomic E-state index is 0.159. The number of rotatable bonds is 5. The molecule has 1 aromatic carbocycles. The van der Waals surface area contributed by atoms with Gasteiger partial charge in [0.15, 0.2) is 6.23 Å². The minimum atomic E-state index is -0.463. The van der Waals surface area contributed by atoms with E-state index in [0.717, 1.165) is 11.3 Å². The monoisotopic (exact) mass is 199 g/mol. The number of hydrogen-bond acceptors (Lipinski definition) is 5. The molecule has 1 aromatic rings. The standard InChI is InChI=1S/C9H13NO4/c1-7(14-12)10-9-4-2-8(3-5-9)6-13-11/h2-5,7,10-12H,6H2,1H3. The van der Waals surface area contributed by atoms with Crippen LogP contribution in [0.1, 0.15) is 12.5 Å². The van der Waals surface area contributed by atoms with E-state index < -0.39 is 6.23 Å². The molecule has 0 bridgehead atoms. The summed E-state index contributed by atoms with van der Waals surface area (Å²) in [7, 11) is 0. The molecule has 1 rings (SSSR count). The molecule has 1 unspecified atom stereocenters. The van der Waals surface area contributed by atoms with Crippen molar-refractivity contribution in [3.63, 3.8) is 0 Å². The first-order valence-corrected chi connectivity index (χ1v) is 4.18. The normalized spacial score (nSPS) is 12.5. The molecule has 0 saturated carbocycles. The fourth-order valence-corrected chi connectivity index (χ4v) is 1.03. The van der Waals surface area contributed by atoms with E-state index in [4.69, 9.17) is 10.5 Å². The van der Waals surface area contributed by atoms with E-state index in [0.29, 0.717) is 0 Å². The SMILES string of the molecule is CC(Nc1ccc(COO)cc1)OO. The maximum absolute atomic E-state index is 8.32. The fraction of sp³-hybridized carbons (Fsp3) is 0.333. The zero-order valence-electron chi connectivity index (χ0n) is 7.80. The predicted molar refractivity (Wildman–Crippen MR) is 50.7 cm³/mol. The Morgan fingerprint density at radius 1 is 1.29 bits per heavy atom. The largest absolute Gasteiger partial charge is 0.358 e. The molecule has 1 atom stereocenters. The van der Waals surface area contributed by atoms with Crippen molar-refractivity contribution in [2.75, 3.05) is 5.32 Å². The smallest absolute Gasteiger partial charge is 0.159 e. The molecule has 5 nitrogen and oxygen atoms in total. The Labute approximate surface area is 81.8 Å². The van der Waals surface area contributed by atoms with Crippen molar-refractivity contribution in [3.8, 4) is 0 Å². The Balaban J connectivity index is 2.54. The van der Waals surface area contributed by atoms with Crippen molar-refractivity contribution in [2.24, 2.45) is 0 Å². The molecule has 0 aliphatic rings. The Bertz CT molecular complexity index is 262. The zero-order valence-corrected chi connectivity index (χ0v) is 7.80. The van der Waals surface area contributed by atoms with Gasteiger partial charge in [-0.1, -0.05) is 12.1 Å². The Morgan fingerprint density at radius 2 is 1.93 bits per heavy atom. The van der Waals surface area contributed by atoms with Crippen LogP contribution in [0, 0.1) is 0 Å². The summed E-state index contributed by atoms with van der Waals surface area (Å²) < 4.78 is 0. The van der Waals surface area contributed by atoms with Crippen molar-refractivity contribution < 1.29 is 20.3 Å². The van der Waals surface area contributed by atoms with Gasteiger partial charge in [-0.3, -0.25) is 5.26 Å². The first kappa shape index (κ1) is 10.9. The van der Waals surface area contributed by atoms with Crippen LogP contribution in [0.3, 0.4) is 0 Å². The van der Waals surface area contributed by atoms with E-state index in [1.165, 1.54) is 0 Å². The second-order valence-electron chi connectivity index (χ2n) is 2.86. The van der Waals surface area contributed by atoms with Gasteiger partial charge < -0.3 is 5.32 Å². The quantitative estimate of drug-likeness (QED) is 0.384. The topological polar surface area (TPSA) is 71.0 Å². The molecule has 0 fully saturated rings. The first-order chi connectivity index (χ1) is 6.76. The average Bonchev–Trinajstić information content (AvgIpc) is 2.21. The molecule has 0 heterocycles. The summed E-state index contributed by atoms with van der Waals surface area (Å²) in [6.07, 6.45) is -0.463. The van der Waals surface area contributed by atoms with Gasteiger partial charge >= 0.3 is 0 Å². The second kappa shape index (κ2) is 5.56. The molecule has 5 heteroatoms. The summed E-state index contributed by atoms with van der Waals surface area (Å²) in [6, 6.07) is 7.18. The van der Waals surface area contributed by atoms with Gasteiger partial charge in [0.1, 0.15) is 6.61 Å². The maximum atomic E-state index is 8.32. The van der Waals surface area contributed by atoms with Crippen molar-refractivity contribution in [2.45, 2.75) is 19.8 Å². The maximum Gasteiger partial charge on any atom is 0.159 e. The van der Waals surface area contributed by atoms with Crippen molar-refractivity contribution in [1.29, 1.82) is 0 Å². The summed E-state index contributed by atoms with van der Waals surface area (Å²) in [5.74, 6) is 0. The van der Waals surface area contributed by atoms with Gasteiger partial charge in [-0.05, 0) is 24.6 Å². The minimum Gasteiger partial charge on any atom is -0.358 e. The number of benzene rings is 1. The van der Waals surface area contributed by atoms with Gasteiger partial charge in [-0.25, -0.2) is 15.0 Å². The lowest BCUT2D eigenvalue weighted by Gasteiger charge is -2.11. The van der Waals surface area contributed by atoms with Gasteiger partial charge in [0.25, 0.3) is 0 Å². The summed E-state index contributed by atoms with van der Waals surface area (Å²) in [4.78, 5) is 8.04. The Hall–Kier alpha value is -1.14. The van der Waals surface area contributed by atoms with E-state index >= 15 is 0 Å². The van der Waals surface area contributed by atoms with Crippen molar-refractivity contribution in [3.05, 3.63) is 29.8 Å². The predicted octanol–water partition coefficient (Wildman–Crippen LogP) is 1.92. The fourth-order valence-electron chi connectivity index (χ4n) is 1.03. The lowest BCUT2D eigenvalue weighted by atomic mass is 10.2. The van der Waals surface area contributed by atoms with Crippen LogP contribution in [0.25, 0.3) is 0 Å². The van der Waals surface area contributed by atoms with Gasteiger partial charge in [0.05, 0.1) is 0 Å². The van der Waals surface area contributed by atoms with Gasteiger partial charge in [-0.2, -0.15) is 0 Å². The van der Waals surface area contributed by atoms with Crippen LogP contribution in [-0.2, 0) is 16.4 Å². The van der Waals surface area contributed by atoms with Crippen LogP contribution in [0.15, 0.2) is 24.3 Å². The van der Waals surface area contributed by atoms with Crippen LogP contribution < -0.4 is 5.32 Å². The van der Waals surface area contributed by atoms with Crippen LogP contribution >= 0.6 is 0 Å². The molecule has 3 N–H and O–H groups in total. The summed E-state index contributed by atoms with van der Waals surface area (Å²) >= 11 is 0. The van der Waals surface area contributed by atoms with E-state index in [1.54, 1.807) is 31.2 Å². The molecule has 0 aromatic heterocycles. The third-order valence-electron chi connectivity index (χ3n) is 1.71. The lowest BCUT2D eigenvalue weighted by Crippen LogP contribution is -2.16. The van der Waals surface area contributed by atoms with E-state index in [2.05, 4.69) is 15.1 Å². The van der Waals surface area contributed by atoms with Crippen LogP contribution in [0.2, 0.25) is 0 Å². The highest BCUT2D eigenvalue weighted by Crippen LogP contribution is 2.11. The highest BCUT2D eigenvalue weighted by atomic mass is 17.1. The molecule has 0 amide bonds. The summed E-state index contributed by atoms with van der Waals surface area (Å²) in [5.41, 5.74) is 1.67. The molecule has 0 radical (unpaired) electrons. The van der Waals surface area contributed by atoms with Gasteiger partial charge in [0.2, 0.25) is 0 Å². The molecule has 14 heavy (non-hydrogen) atoms. The highest BCUT2D eigenvalue weighted by Gasteiger charge is 2.00. The molecule has 0 aliphatic carbocycles. The summed E-state index contributed by atoms with van der Waals surface area (Å²) in [6.45, 7) is 1.83. The number of anilines is 1. The molecular weight excluding hydrogens is 186 g/mol. The van der Waals surface area contributed by atoms with E-state index in [1.807, 2.05) is 0 Å². The van der Waals surface area contributed by atoms with Crippen molar-refractivity contribution in [1.82, 2.24) is 0 Å². The number of hydrogen-bond donors (Lipinski definition) is 3. The highest BCUT2D eigenvalue weighted by molar-refractivity contribution is 5.44. The average molecular weight is 199 g/mol. The van der Waals surface area contributed by atoms with Crippen molar-refractivity contribution >= 4 is 5.69 Å².